The second-order valence-corrected chi connectivity index (χ2v) is 4.83. The first-order valence-corrected chi connectivity index (χ1v) is 6.27. The number of aryl methyl sites for hydroxylation is 1. The smallest absolute Gasteiger partial charge is 0.231 e. The molecule has 0 radical (unpaired) electrons. The molecule has 2 unspecified atom stereocenters. The molecule has 3 rings (SSSR count). The van der Waals surface area contributed by atoms with Gasteiger partial charge in [0, 0.05) is 12.2 Å². The summed E-state index contributed by atoms with van der Waals surface area (Å²) in [6.45, 7) is 1.99. The third kappa shape index (κ3) is 1.90. The van der Waals surface area contributed by atoms with Gasteiger partial charge in [-0.3, -0.25) is 4.98 Å². The van der Waals surface area contributed by atoms with Gasteiger partial charge in [0.1, 0.15) is 5.69 Å². The highest BCUT2D eigenvalue weighted by molar-refractivity contribution is 5.53. The Labute approximate surface area is 105 Å². The van der Waals surface area contributed by atoms with Crippen LogP contribution < -0.4 is 5.73 Å². The normalized spacial score (nSPS) is 23.4. The van der Waals surface area contributed by atoms with Crippen molar-refractivity contribution < 1.29 is 4.52 Å². The molecule has 1 saturated carbocycles. The first kappa shape index (κ1) is 11.3. The van der Waals surface area contributed by atoms with Crippen LogP contribution in [0.2, 0.25) is 0 Å². The molecule has 0 bridgehead atoms. The molecule has 0 aliphatic heterocycles. The topological polar surface area (TPSA) is 77.8 Å². The number of aromatic nitrogens is 3. The van der Waals surface area contributed by atoms with Crippen LogP contribution >= 0.6 is 0 Å². The maximum Gasteiger partial charge on any atom is 0.231 e. The number of hydrogen-bond acceptors (Lipinski definition) is 5. The van der Waals surface area contributed by atoms with Gasteiger partial charge in [-0.1, -0.05) is 17.6 Å². The minimum absolute atomic E-state index is 0.142. The summed E-state index contributed by atoms with van der Waals surface area (Å²) in [4.78, 5) is 8.74. The molecular weight excluding hydrogens is 228 g/mol. The molecule has 5 heteroatoms. The predicted octanol–water partition coefficient (Wildman–Crippen LogP) is 2.03. The van der Waals surface area contributed by atoms with E-state index in [4.69, 9.17) is 10.3 Å². The summed E-state index contributed by atoms with van der Waals surface area (Å²) in [5, 5.41) is 4.02. The van der Waals surface area contributed by atoms with Crippen LogP contribution in [0.1, 0.15) is 36.6 Å². The van der Waals surface area contributed by atoms with Crippen LogP contribution in [0.4, 0.5) is 0 Å². The molecule has 2 atom stereocenters. The lowest BCUT2D eigenvalue weighted by molar-refractivity contribution is 0.345. The molecule has 94 valence electrons. The van der Waals surface area contributed by atoms with Crippen LogP contribution in [0.5, 0.6) is 0 Å². The molecule has 2 aromatic heterocycles. The molecule has 1 aliphatic carbocycles. The Morgan fingerprint density at radius 2 is 2.28 bits per heavy atom. The van der Waals surface area contributed by atoms with E-state index >= 15 is 0 Å². The van der Waals surface area contributed by atoms with E-state index in [1.807, 2.05) is 19.1 Å². The average molecular weight is 244 g/mol. The van der Waals surface area contributed by atoms with Crippen LogP contribution in [0.3, 0.4) is 0 Å². The van der Waals surface area contributed by atoms with Crippen LogP contribution in [0.25, 0.3) is 11.5 Å². The number of pyridine rings is 1. The second kappa shape index (κ2) is 4.49. The lowest BCUT2D eigenvalue weighted by Gasteiger charge is -2.08. The zero-order valence-electron chi connectivity index (χ0n) is 10.3. The fourth-order valence-corrected chi connectivity index (χ4v) is 2.50. The molecule has 1 fully saturated rings. The summed E-state index contributed by atoms with van der Waals surface area (Å²) in [5.74, 6) is 1.41. The van der Waals surface area contributed by atoms with E-state index in [-0.39, 0.29) is 12.0 Å². The standard InChI is InChI=1S/C13H16N4O/c1-8-4-3-7-15-11(8)12-16-13(18-17-12)9-5-2-6-10(9)14/h3-4,7,9-10H,2,5-6,14H2,1H3. The second-order valence-electron chi connectivity index (χ2n) is 4.83. The molecule has 0 amide bonds. The van der Waals surface area contributed by atoms with Crippen LogP contribution in [0, 0.1) is 6.92 Å². The minimum Gasteiger partial charge on any atom is -0.339 e. The summed E-state index contributed by atoms with van der Waals surface area (Å²) >= 11 is 0. The van der Waals surface area contributed by atoms with Gasteiger partial charge < -0.3 is 10.3 Å². The summed E-state index contributed by atoms with van der Waals surface area (Å²) in [6, 6.07) is 4.02. The molecule has 0 saturated heterocycles. The first-order chi connectivity index (χ1) is 8.75. The number of nitrogens with zero attached hydrogens (tertiary/aromatic N) is 3. The largest absolute Gasteiger partial charge is 0.339 e. The van der Waals surface area contributed by atoms with Crippen molar-refractivity contribution in [2.45, 2.75) is 38.1 Å². The van der Waals surface area contributed by atoms with E-state index in [2.05, 4.69) is 15.1 Å². The van der Waals surface area contributed by atoms with Crippen molar-refractivity contribution in [2.75, 3.05) is 0 Å². The third-order valence-electron chi connectivity index (χ3n) is 3.55. The first-order valence-electron chi connectivity index (χ1n) is 6.27. The Morgan fingerprint density at radius 3 is 3.00 bits per heavy atom. The molecule has 18 heavy (non-hydrogen) atoms. The van der Waals surface area contributed by atoms with E-state index in [0.717, 1.165) is 30.5 Å². The Kier molecular flexibility index (Phi) is 2.83. The van der Waals surface area contributed by atoms with E-state index in [1.165, 1.54) is 0 Å². The van der Waals surface area contributed by atoms with E-state index < -0.39 is 0 Å². The lowest BCUT2D eigenvalue weighted by atomic mass is 10.1. The quantitative estimate of drug-likeness (QED) is 0.874. The van der Waals surface area contributed by atoms with Gasteiger partial charge in [0.25, 0.3) is 0 Å². The average Bonchev–Trinajstić information content (AvgIpc) is 2.98. The molecular formula is C13H16N4O. The van der Waals surface area contributed by atoms with E-state index in [9.17, 15) is 0 Å². The Hall–Kier alpha value is -1.75. The highest BCUT2D eigenvalue weighted by Crippen LogP contribution is 2.33. The summed E-state index contributed by atoms with van der Waals surface area (Å²) < 4.78 is 5.35. The Balaban J connectivity index is 1.92. The predicted molar refractivity (Wildman–Crippen MR) is 66.8 cm³/mol. The Bertz CT molecular complexity index is 551. The van der Waals surface area contributed by atoms with Gasteiger partial charge in [0.05, 0.1) is 5.92 Å². The Morgan fingerprint density at radius 1 is 1.39 bits per heavy atom. The summed E-state index contributed by atoms with van der Waals surface area (Å²) in [5.41, 5.74) is 7.86. The van der Waals surface area contributed by atoms with Gasteiger partial charge in [-0.2, -0.15) is 4.98 Å². The van der Waals surface area contributed by atoms with Crippen molar-refractivity contribution in [3.05, 3.63) is 29.8 Å². The fraction of sp³-hybridized carbons (Fsp3) is 0.462. The molecule has 2 heterocycles. The van der Waals surface area contributed by atoms with Crippen molar-refractivity contribution in [2.24, 2.45) is 5.73 Å². The lowest BCUT2D eigenvalue weighted by Crippen LogP contribution is -2.22. The monoisotopic (exact) mass is 244 g/mol. The third-order valence-corrected chi connectivity index (χ3v) is 3.55. The van der Waals surface area contributed by atoms with Crippen LogP contribution in [-0.4, -0.2) is 21.2 Å². The van der Waals surface area contributed by atoms with Gasteiger partial charge in [-0.25, -0.2) is 0 Å². The van der Waals surface area contributed by atoms with Gasteiger partial charge >= 0.3 is 0 Å². The molecule has 0 spiro atoms. The van der Waals surface area contributed by atoms with Crippen molar-refractivity contribution in [3.8, 4) is 11.5 Å². The number of nitrogens with two attached hydrogens (primary N) is 1. The van der Waals surface area contributed by atoms with Gasteiger partial charge in [-0.15, -0.1) is 0 Å². The van der Waals surface area contributed by atoms with Crippen molar-refractivity contribution in [1.82, 2.24) is 15.1 Å². The zero-order valence-corrected chi connectivity index (χ0v) is 10.3. The molecule has 2 N–H and O–H groups in total. The van der Waals surface area contributed by atoms with Crippen molar-refractivity contribution in [1.29, 1.82) is 0 Å². The molecule has 0 aromatic carbocycles. The van der Waals surface area contributed by atoms with Crippen LogP contribution in [-0.2, 0) is 0 Å². The highest BCUT2D eigenvalue weighted by atomic mass is 16.5. The van der Waals surface area contributed by atoms with Crippen LogP contribution in [0.15, 0.2) is 22.9 Å². The molecule has 5 nitrogen and oxygen atoms in total. The summed E-state index contributed by atoms with van der Waals surface area (Å²) in [7, 11) is 0. The van der Waals surface area contributed by atoms with Gasteiger partial charge in [0.2, 0.25) is 11.7 Å². The highest BCUT2D eigenvalue weighted by Gasteiger charge is 2.30. The molecule has 2 aromatic rings. The maximum atomic E-state index is 6.05. The minimum atomic E-state index is 0.142. The number of rotatable bonds is 2. The summed E-state index contributed by atoms with van der Waals surface area (Å²) in [6.07, 6.45) is 4.93. The van der Waals surface area contributed by atoms with E-state index in [0.29, 0.717) is 11.7 Å². The van der Waals surface area contributed by atoms with E-state index in [1.54, 1.807) is 6.20 Å². The number of hydrogen-bond donors (Lipinski definition) is 1. The fourth-order valence-electron chi connectivity index (χ4n) is 2.50. The molecule has 1 aliphatic rings. The van der Waals surface area contributed by atoms with Crippen molar-refractivity contribution >= 4 is 0 Å². The zero-order chi connectivity index (χ0) is 12.5. The SMILES string of the molecule is Cc1cccnc1-c1noc(C2CCCC2N)n1. The van der Waals surface area contributed by atoms with Gasteiger partial charge in [-0.05, 0) is 31.4 Å². The van der Waals surface area contributed by atoms with Crippen molar-refractivity contribution in [3.63, 3.8) is 0 Å². The maximum absolute atomic E-state index is 6.05. The van der Waals surface area contributed by atoms with Gasteiger partial charge in [0.15, 0.2) is 0 Å².